The summed E-state index contributed by atoms with van der Waals surface area (Å²) < 4.78 is 18.4. The van der Waals surface area contributed by atoms with Crippen molar-refractivity contribution >= 4 is 17.4 Å². The molecule has 0 saturated carbocycles. The third-order valence-electron chi connectivity index (χ3n) is 3.32. The predicted octanol–water partition coefficient (Wildman–Crippen LogP) is 2.22. The number of hydrogen-bond donors (Lipinski definition) is 1. The first kappa shape index (κ1) is 14.4. The molecule has 1 N–H and O–H groups in total. The van der Waals surface area contributed by atoms with Gasteiger partial charge in [-0.15, -0.1) is 0 Å². The van der Waals surface area contributed by atoms with Gasteiger partial charge in [0.25, 0.3) is 0 Å². The zero-order valence-corrected chi connectivity index (χ0v) is 11.5. The first-order valence-electron chi connectivity index (χ1n) is 6.39. The third kappa shape index (κ3) is 3.53. The minimum atomic E-state index is -0.465. The maximum Gasteiger partial charge on any atom is 0.144 e. The van der Waals surface area contributed by atoms with E-state index in [4.69, 9.17) is 16.3 Å². The van der Waals surface area contributed by atoms with Gasteiger partial charge < -0.3 is 10.1 Å². The van der Waals surface area contributed by atoms with Crippen molar-refractivity contribution in [3.8, 4) is 0 Å². The van der Waals surface area contributed by atoms with Crippen LogP contribution in [0.25, 0.3) is 0 Å². The average Bonchev–Trinajstić information content (AvgIpc) is 2.83. The Labute approximate surface area is 117 Å². The summed E-state index contributed by atoms with van der Waals surface area (Å²) in [4.78, 5) is 12.2. The van der Waals surface area contributed by atoms with Crippen molar-refractivity contribution in [2.24, 2.45) is 5.92 Å². The van der Waals surface area contributed by atoms with E-state index in [0.29, 0.717) is 13.2 Å². The molecule has 2 atom stereocenters. The molecular formula is C14H17ClFNO2. The highest BCUT2D eigenvalue weighted by atomic mass is 35.5. The average molecular weight is 286 g/mol. The van der Waals surface area contributed by atoms with Gasteiger partial charge in [0.1, 0.15) is 11.6 Å². The summed E-state index contributed by atoms with van der Waals surface area (Å²) in [5.74, 6) is -0.498. The number of ketones is 1. The van der Waals surface area contributed by atoms with Crippen molar-refractivity contribution in [3.05, 3.63) is 34.6 Å². The van der Waals surface area contributed by atoms with Crippen LogP contribution in [0.1, 0.15) is 12.5 Å². The minimum Gasteiger partial charge on any atom is -0.379 e. The summed E-state index contributed by atoms with van der Waals surface area (Å²) in [7, 11) is 0. The molecule has 19 heavy (non-hydrogen) atoms. The van der Waals surface area contributed by atoms with Crippen LogP contribution in [0.5, 0.6) is 0 Å². The van der Waals surface area contributed by atoms with E-state index in [1.54, 1.807) is 6.07 Å². The third-order valence-corrected chi connectivity index (χ3v) is 3.61. The van der Waals surface area contributed by atoms with Crippen LogP contribution in [0, 0.1) is 11.7 Å². The van der Waals surface area contributed by atoms with Crippen LogP contribution in [0.2, 0.25) is 5.02 Å². The Morgan fingerprint density at radius 3 is 3.00 bits per heavy atom. The van der Waals surface area contributed by atoms with E-state index in [1.807, 2.05) is 6.92 Å². The number of rotatable bonds is 5. The second kappa shape index (κ2) is 6.46. The quantitative estimate of drug-likeness (QED) is 0.901. The van der Waals surface area contributed by atoms with E-state index < -0.39 is 5.82 Å². The maximum absolute atomic E-state index is 13.1. The first-order valence-corrected chi connectivity index (χ1v) is 6.77. The molecule has 1 saturated heterocycles. The van der Waals surface area contributed by atoms with Crippen molar-refractivity contribution in [1.82, 2.24) is 5.32 Å². The molecule has 0 spiro atoms. The second-order valence-corrected chi connectivity index (χ2v) is 5.11. The number of carbonyl (C=O) groups excluding carboxylic acids is 1. The fourth-order valence-electron chi connectivity index (χ4n) is 2.32. The zero-order valence-electron chi connectivity index (χ0n) is 10.8. The Hall–Kier alpha value is -0.970. The molecule has 1 fully saturated rings. The summed E-state index contributed by atoms with van der Waals surface area (Å²) >= 11 is 5.71. The van der Waals surface area contributed by atoms with Gasteiger partial charge in [0, 0.05) is 12.5 Å². The lowest BCUT2D eigenvalue weighted by Gasteiger charge is -2.17. The Kier molecular flexibility index (Phi) is 4.91. The second-order valence-electron chi connectivity index (χ2n) is 4.70. The highest BCUT2D eigenvalue weighted by molar-refractivity contribution is 6.30. The summed E-state index contributed by atoms with van der Waals surface area (Å²) in [6, 6.07) is 4.47. The highest BCUT2D eigenvalue weighted by Crippen LogP contribution is 2.20. The Bertz CT molecular complexity index is 467. The van der Waals surface area contributed by atoms with Gasteiger partial charge in [0.2, 0.25) is 0 Å². The molecule has 104 valence electrons. The van der Waals surface area contributed by atoms with E-state index >= 15 is 0 Å². The molecule has 2 unspecified atom stereocenters. The monoisotopic (exact) mass is 285 g/mol. The topological polar surface area (TPSA) is 38.3 Å². The lowest BCUT2D eigenvalue weighted by atomic mass is 9.93. The van der Waals surface area contributed by atoms with Gasteiger partial charge in [-0.25, -0.2) is 4.39 Å². The van der Waals surface area contributed by atoms with Crippen molar-refractivity contribution in [2.75, 3.05) is 19.8 Å². The van der Waals surface area contributed by atoms with E-state index in [1.165, 1.54) is 12.1 Å². The number of hydrogen-bond acceptors (Lipinski definition) is 3. The molecule has 2 rings (SSSR count). The van der Waals surface area contributed by atoms with Gasteiger partial charge in [-0.2, -0.15) is 0 Å². The molecule has 0 radical (unpaired) electrons. The lowest BCUT2D eigenvalue weighted by Crippen LogP contribution is -2.39. The van der Waals surface area contributed by atoms with Crippen LogP contribution in [0.3, 0.4) is 0 Å². The van der Waals surface area contributed by atoms with Crippen molar-refractivity contribution in [3.63, 3.8) is 0 Å². The van der Waals surface area contributed by atoms with E-state index in [0.717, 1.165) is 12.1 Å². The molecule has 1 aliphatic rings. The molecule has 1 aromatic rings. The summed E-state index contributed by atoms with van der Waals surface area (Å²) in [5.41, 5.74) is 0.735. The van der Waals surface area contributed by atoms with Crippen LogP contribution < -0.4 is 5.32 Å². The molecule has 1 aliphatic heterocycles. The smallest absolute Gasteiger partial charge is 0.144 e. The normalized spacial score (nSPS) is 22.7. The fraction of sp³-hybridized carbons (Fsp3) is 0.500. The van der Waals surface area contributed by atoms with Gasteiger partial charge in [0.15, 0.2) is 0 Å². The number of halogens is 2. The first-order chi connectivity index (χ1) is 9.11. The molecule has 1 heterocycles. The van der Waals surface area contributed by atoms with Crippen molar-refractivity contribution < 1.29 is 13.9 Å². The molecule has 5 heteroatoms. The number of Topliss-reactive ketones (excluding diaryl/α,β-unsaturated/α-hetero) is 1. The van der Waals surface area contributed by atoms with Crippen LogP contribution in [0.4, 0.5) is 4.39 Å². The molecule has 0 aromatic heterocycles. The molecule has 1 aromatic carbocycles. The summed E-state index contributed by atoms with van der Waals surface area (Å²) in [6.45, 7) is 3.82. The number of nitrogens with one attached hydrogen (secondary N) is 1. The van der Waals surface area contributed by atoms with Gasteiger partial charge in [-0.1, -0.05) is 24.6 Å². The zero-order chi connectivity index (χ0) is 13.8. The van der Waals surface area contributed by atoms with Crippen LogP contribution in [-0.2, 0) is 16.0 Å². The Morgan fingerprint density at radius 2 is 2.32 bits per heavy atom. The number of benzene rings is 1. The SMILES string of the molecule is CCNC1COCC1C(=O)Cc1ccc(F)c(Cl)c1. The number of ether oxygens (including phenoxy) is 1. The predicted molar refractivity (Wildman–Crippen MR) is 71.9 cm³/mol. The summed E-state index contributed by atoms with van der Waals surface area (Å²) in [6.07, 6.45) is 0.260. The van der Waals surface area contributed by atoms with Crippen LogP contribution in [0.15, 0.2) is 18.2 Å². The Balaban J connectivity index is 2.02. The standard InChI is InChI=1S/C14H17ClFNO2/c1-2-17-13-8-19-7-10(13)14(18)6-9-3-4-12(16)11(15)5-9/h3-5,10,13,17H,2,6-8H2,1H3. The minimum absolute atomic E-state index is 0.0520. The molecular weight excluding hydrogens is 269 g/mol. The van der Waals surface area contributed by atoms with Gasteiger partial charge in [-0.05, 0) is 24.2 Å². The van der Waals surface area contributed by atoms with Gasteiger partial charge in [0.05, 0.1) is 24.2 Å². The van der Waals surface area contributed by atoms with Crippen molar-refractivity contribution in [1.29, 1.82) is 0 Å². The fourth-order valence-corrected chi connectivity index (χ4v) is 2.52. The molecule has 0 amide bonds. The lowest BCUT2D eigenvalue weighted by molar-refractivity contribution is -0.122. The number of likely N-dealkylation sites (N-methyl/N-ethyl adjacent to an activating group) is 1. The molecule has 0 aliphatic carbocycles. The summed E-state index contributed by atoms with van der Waals surface area (Å²) in [5, 5.41) is 3.30. The van der Waals surface area contributed by atoms with E-state index in [-0.39, 0.29) is 29.2 Å². The van der Waals surface area contributed by atoms with Crippen molar-refractivity contribution in [2.45, 2.75) is 19.4 Å². The Morgan fingerprint density at radius 1 is 1.53 bits per heavy atom. The van der Waals surface area contributed by atoms with E-state index in [2.05, 4.69) is 5.32 Å². The van der Waals surface area contributed by atoms with Gasteiger partial charge in [-0.3, -0.25) is 4.79 Å². The maximum atomic E-state index is 13.1. The molecule has 3 nitrogen and oxygen atoms in total. The van der Waals surface area contributed by atoms with Crippen LogP contribution in [-0.4, -0.2) is 31.6 Å². The van der Waals surface area contributed by atoms with E-state index in [9.17, 15) is 9.18 Å². The highest BCUT2D eigenvalue weighted by Gasteiger charge is 2.32. The van der Waals surface area contributed by atoms with Crippen LogP contribution >= 0.6 is 11.6 Å². The molecule has 0 bridgehead atoms. The van der Waals surface area contributed by atoms with Gasteiger partial charge >= 0.3 is 0 Å². The number of carbonyl (C=O) groups is 1. The largest absolute Gasteiger partial charge is 0.379 e.